The van der Waals surface area contributed by atoms with Crippen LogP contribution in [0.3, 0.4) is 0 Å². The van der Waals surface area contributed by atoms with E-state index in [1.807, 2.05) is 0 Å². The predicted octanol–water partition coefficient (Wildman–Crippen LogP) is 5.04. The second kappa shape index (κ2) is 12.4. The van der Waals surface area contributed by atoms with E-state index < -0.39 is 0 Å². The van der Waals surface area contributed by atoms with Gasteiger partial charge in [0, 0.05) is 0 Å². The van der Waals surface area contributed by atoms with E-state index in [0.717, 1.165) is 11.8 Å². The minimum atomic E-state index is 0.834. The molecule has 0 bridgehead atoms. The lowest BCUT2D eigenvalue weighted by molar-refractivity contribution is 0.196. The summed E-state index contributed by atoms with van der Waals surface area (Å²) in [5, 5.41) is 0. The molecule has 0 spiro atoms. The van der Waals surface area contributed by atoms with E-state index in [1.54, 1.807) is 0 Å². The number of hydrogen-bond acceptors (Lipinski definition) is 2. The zero-order valence-electron chi connectivity index (χ0n) is 15.9. The van der Waals surface area contributed by atoms with Crippen molar-refractivity contribution in [2.75, 3.05) is 39.3 Å². The topological polar surface area (TPSA) is 6.48 Å². The normalized spacial score (nSPS) is 17.0. The Morgan fingerprint density at radius 2 is 1.36 bits per heavy atom. The quantitative estimate of drug-likeness (QED) is 0.466. The van der Waals surface area contributed by atoms with Crippen LogP contribution in [0, 0.1) is 11.8 Å². The minimum absolute atomic E-state index is 0.834. The maximum Gasteiger partial charge on any atom is -0.000655 e. The first kappa shape index (κ1) is 20.0. The minimum Gasteiger partial charge on any atom is -0.303 e. The second-order valence-corrected chi connectivity index (χ2v) is 8.17. The Bertz CT molecular complexity index is 244. The SMILES string of the molecule is CC(C)CCCCN(CCCN1CCCCC1)CCC(C)C. The smallest absolute Gasteiger partial charge is 0.000655 e. The Morgan fingerprint density at radius 1 is 0.727 bits per heavy atom. The van der Waals surface area contributed by atoms with E-state index in [0.29, 0.717) is 0 Å². The molecule has 1 saturated heterocycles. The van der Waals surface area contributed by atoms with Gasteiger partial charge in [0.15, 0.2) is 0 Å². The van der Waals surface area contributed by atoms with E-state index in [1.165, 1.54) is 90.6 Å². The van der Waals surface area contributed by atoms with E-state index >= 15 is 0 Å². The lowest BCUT2D eigenvalue weighted by atomic mass is 10.1. The first-order valence-corrected chi connectivity index (χ1v) is 10.0. The third kappa shape index (κ3) is 10.6. The lowest BCUT2D eigenvalue weighted by Crippen LogP contribution is -2.34. The Balaban J connectivity index is 2.17. The van der Waals surface area contributed by atoms with Crippen molar-refractivity contribution in [1.29, 1.82) is 0 Å². The Morgan fingerprint density at radius 3 is 2.00 bits per heavy atom. The standard InChI is InChI=1S/C20H42N2/c1-19(2)11-6-9-15-22(18-12-20(3)4)17-10-16-21-13-7-5-8-14-21/h19-20H,5-18H2,1-4H3. The van der Waals surface area contributed by atoms with Crippen molar-refractivity contribution in [1.82, 2.24) is 9.80 Å². The molecule has 2 nitrogen and oxygen atoms in total. The summed E-state index contributed by atoms with van der Waals surface area (Å²) < 4.78 is 0. The van der Waals surface area contributed by atoms with Gasteiger partial charge in [0.25, 0.3) is 0 Å². The molecule has 22 heavy (non-hydrogen) atoms. The molecule has 1 rings (SSSR count). The van der Waals surface area contributed by atoms with Gasteiger partial charge < -0.3 is 9.80 Å². The monoisotopic (exact) mass is 310 g/mol. The van der Waals surface area contributed by atoms with Gasteiger partial charge in [-0.3, -0.25) is 0 Å². The molecule has 1 aliphatic heterocycles. The van der Waals surface area contributed by atoms with Crippen molar-refractivity contribution in [3.63, 3.8) is 0 Å². The fourth-order valence-corrected chi connectivity index (χ4v) is 3.37. The van der Waals surface area contributed by atoms with Crippen LogP contribution in [-0.4, -0.2) is 49.1 Å². The van der Waals surface area contributed by atoms with Crippen molar-refractivity contribution in [2.45, 2.75) is 79.1 Å². The zero-order valence-corrected chi connectivity index (χ0v) is 15.9. The van der Waals surface area contributed by atoms with E-state index in [2.05, 4.69) is 37.5 Å². The van der Waals surface area contributed by atoms with Gasteiger partial charge in [-0.2, -0.15) is 0 Å². The van der Waals surface area contributed by atoms with Crippen LogP contribution in [0.1, 0.15) is 79.1 Å². The van der Waals surface area contributed by atoms with Crippen LogP contribution in [-0.2, 0) is 0 Å². The molecule has 0 N–H and O–H groups in total. The highest BCUT2D eigenvalue weighted by molar-refractivity contribution is 4.67. The fraction of sp³-hybridized carbons (Fsp3) is 1.00. The highest BCUT2D eigenvalue weighted by Crippen LogP contribution is 2.11. The maximum absolute atomic E-state index is 2.74. The molecule has 0 atom stereocenters. The summed E-state index contributed by atoms with van der Waals surface area (Å²) in [7, 11) is 0. The second-order valence-electron chi connectivity index (χ2n) is 8.17. The molecule has 1 heterocycles. The van der Waals surface area contributed by atoms with Crippen molar-refractivity contribution in [3.8, 4) is 0 Å². The molecule has 0 radical (unpaired) electrons. The summed E-state index contributed by atoms with van der Waals surface area (Å²) in [6.45, 7) is 17.3. The number of nitrogens with zero attached hydrogens (tertiary/aromatic N) is 2. The molecule has 2 heteroatoms. The molecular formula is C20H42N2. The van der Waals surface area contributed by atoms with Crippen LogP contribution < -0.4 is 0 Å². The summed E-state index contributed by atoms with van der Waals surface area (Å²) in [4.78, 5) is 5.42. The average molecular weight is 311 g/mol. The molecule has 0 saturated carbocycles. The highest BCUT2D eigenvalue weighted by Gasteiger charge is 2.11. The Labute approximate surface area is 140 Å². The largest absolute Gasteiger partial charge is 0.303 e. The Hall–Kier alpha value is -0.0800. The van der Waals surface area contributed by atoms with Crippen LogP contribution >= 0.6 is 0 Å². The van der Waals surface area contributed by atoms with Crippen molar-refractivity contribution < 1.29 is 0 Å². The van der Waals surface area contributed by atoms with Gasteiger partial charge in [0.2, 0.25) is 0 Å². The molecular weight excluding hydrogens is 268 g/mol. The Kier molecular flexibility index (Phi) is 11.2. The number of likely N-dealkylation sites (tertiary alicyclic amines) is 1. The van der Waals surface area contributed by atoms with E-state index in [-0.39, 0.29) is 0 Å². The van der Waals surface area contributed by atoms with E-state index in [4.69, 9.17) is 0 Å². The fourth-order valence-electron chi connectivity index (χ4n) is 3.37. The van der Waals surface area contributed by atoms with Crippen LogP contribution in [0.15, 0.2) is 0 Å². The summed E-state index contributed by atoms with van der Waals surface area (Å²) in [6.07, 6.45) is 11.2. The van der Waals surface area contributed by atoms with Crippen LogP contribution in [0.25, 0.3) is 0 Å². The van der Waals surface area contributed by atoms with Crippen molar-refractivity contribution in [2.24, 2.45) is 11.8 Å². The first-order valence-electron chi connectivity index (χ1n) is 10.0. The molecule has 132 valence electrons. The molecule has 0 amide bonds. The number of hydrogen-bond donors (Lipinski definition) is 0. The van der Waals surface area contributed by atoms with Crippen molar-refractivity contribution >= 4 is 0 Å². The van der Waals surface area contributed by atoms with E-state index in [9.17, 15) is 0 Å². The summed E-state index contributed by atoms with van der Waals surface area (Å²) in [6, 6.07) is 0. The van der Waals surface area contributed by atoms with Gasteiger partial charge in [-0.15, -0.1) is 0 Å². The van der Waals surface area contributed by atoms with Crippen LogP contribution in [0.5, 0.6) is 0 Å². The van der Waals surface area contributed by atoms with Crippen molar-refractivity contribution in [3.05, 3.63) is 0 Å². The first-order chi connectivity index (χ1) is 10.6. The van der Waals surface area contributed by atoms with Crippen LogP contribution in [0.4, 0.5) is 0 Å². The molecule has 0 aromatic rings. The lowest BCUT2D eigenvalue weighted by Gasteiger charge is -2.28. The predicted molar refractivity (Wildman–Crippen MR) is 99.5 cm³/mol. The van der Waals surface area contributed by atoms with Crippen LogP contribution in [0.2, 0.25) is 0 Å². The third-order valence-electron chi connectivity index (χ3n) is 4.93. The number of piperidine rings is 1. The summed E-state index contributed by atoms with van der Waals surface area (Å²) >= 11 is 0. The molecule has 0 aromatic carbocycles. The molecule has 0 aromatic heterocycles. The van der Waals surface area contributed by atoms with Gasteiger partial charge in [-0.1, -0.05) is 47.0 Å². The number of rotatable bonds is 12. The molecule has 1 aliphatic rings. The molecule has 0 aliphatic carbocycles. The maximum atomic E-state index is 2.74. The highest BCUT2D eigenvalue weighted by atomic mass is 15.1. The van der Waals surface area contributed by atoms with Gasteiger partial charge in [-0.25, -0.2) is 0 Å². The average Bonchev–Trinajstić information content (AvgIpc) is 2.49. The van der Waals surface area contributed by atoms with Gasteiger partial charge >= 0.3 is 0 Å². The molecule has 0 unspecified atom stereocenters. The molecule has 1 fully saturated rings. The number of unbranched alkanes of at least 4 members (excludes halogenated alkanes) is 1. The van der Waals surface area contributed by atoms with Gasteiger partial charge in [0.05, 0.1) is 0 Å². The summed E-state index contributed by atoms with van der Waals surface area (Å²) in [5.74, 6) is 1.70. The van der Waals surface area contributed by atoms with Gasteiger partial charge in [-0.05, 0) is 83.2 Å². The third-order valence-corrected chi connectivity index (χ3v) is 4.93. The zero-order chi connectivity index (χ0) is 16.2. The summed E-state index contributed by atoms with van der Waals surface area (Å²) in [5.41, 5.74) is 0. The van der Waals surface area contributed by atoms with Gasteiger partial charge in [0.1, 0.15) is 0 Å².